The molecule has 1 aliphatic heterocycles. The molecule has 134 valence electrons. The molecule has 5 heteroatoms. The van der Waals surface area contributed by atoms with Gasteiger partial charge in [0, 0.05) is 43.3 Å². The van der Waals surface area contributed by atoms with Gasteiger partial charge in [-0.2, -0.15) is 0 Å². The van der Waals surface area contributed by atoms with Crippen LogP contribution in [0.4, 0.5) is 0 Å². The van der Waals surface area contributed by atoms with Crippen LogP contribution in [0.3, 0.4) is 0 Å². The third-order valence-corrected chi connectivity index (χ3v) is 4.78. The number of halogens is 1. The summed E-state index contributed by atoms with van der Waals surface area (Å²) in [7, 11) is 0. The fourth-order valence-corrected chi connectivity index (χ4v) is 3.15. The van der Waals surface area contributed by atoms with Crippen LogP contribution < -0.4 is 10.6 Å². The van der Waals surface area contributed by atoms with E-state index < -0.39 is 0 Å². The predicted molar refractivity (Wildman–Crippen MR) is 104 cm³/mol. The summed E-state index contributed by atoms with van der Waals surface area (Å²) in [5, 5.41) is 7.75. The third kappa shape index (κ3) is 6.33. The fraction of sp³-hybridized carbons (Fsp3) is 0.632. The first-order chi connectivity index (χ1) is 11.6. The van der Waals surface area contributed by atoms with Crippen molar-refractivity contribution in [3.05, 3.63) is 34.9 Å². The molecule has 2 rings (SSSR count). The molecular formula is C19H31ClN4. The third-order valence-electron chi connectivity index (χ3n) is 4.53. The van der Waals surface area contributed by atoms with Crippen LogP contribution in [0, 0.1) is 0 Å². The Morgan fingerprint density at radius 3 is 2.50 bits per heavy atom. The summed E-state index contributed by atoms with van der Waals surface area (Å²) in [4.78, 5) is 7.27. The lowest BCUT2D eigenvalue weighted by molar-refractivity contribution is 0.167. The zero-order valence-electron chi connectivity index (χ0n) is 15.2. The van der Waals surface area contributed by atoms with Crippen LogP contribution in [0.2, 0.25) is 5.02 Å². The molecule has 1 aliphatic rings. The maximum atomic E-state index is 5.92. The van der Waals surface area contributed by atoms with E-state index in [1.807, 2.05) is 12.1 Å². The number of likely N-dealkylation sites (tertiary alicyclic amines) is 1. The average molecular weight is 351 g/mol. The van der Waals surface area contributed by atoms with Crippen molar-refractivity contribution in [3.63, 3.8) is 0 Å². The summed E-state index contributed by atoms with van der Waals surface area (Å²) in [5.74, 6) is 0.939. The van der Waals surface area contributed by atoms with E-state index in [2.05, 4.69) is 48.4 Å². The van der Waals surface area contributed by atoms with E-state index in [0.717, 1.165) is 30.5 Å². The Labute approximate surface area is 151 Å². The molecular weight excluding hydrogens is 320 g/mol. The first-order valence-electron chi connectivity index (χ1n) is 9.11. The Morgan fingerprint density at radius 1 is 1.25 bits per heavy atom. The monoisotopic (exact) mass is 350 g/mol. The molecule has 0 amide bonds. The Hall–Kier alpha value is -1.26. The molecule has 1 aromatic rings. The van der Waals surface area contributed by atoms with Gasteiger partial charge in [-0.25, -0.2) is 0 Å². The SMILES string of the molecule is CCNC(=NCCc1ccc(Cl)cc1)NC1CCN(C(C)C)CC1. The van der Waals surface area contributed by atoms with Crippen LogP contribution in [0.5, 0.6) is 0 Å². The molecule has 0 saturated carbocycles. The molecule has 1 heterocycles. The van der Waals surface area contributed by atoms with Crippen molar-refractivity contribution in [2.75, 3.05) is 26.2 Å². The first-order valence-corrected chi connectivity index (χ1v) is 9.49. The van der Waals surface area contributed by atoms with Gasteiger partial charge >= 0.3 is 0 Å². The maximum absolute atomic E-state index is 5.92. The van der Waals surface area contributed by atoms with Crippen LogP contribution >= 0.6 is 11.6 Å². The quantitative estimate of drug-likeness (QED) is 0.610. The molecule has 0 unspecified atom stereocenters. The second-order valence-corrected chi connectivity index (χ2v) is 7.12. The molecule has 0 radical (unpaired) electrons. The highest BCUT2D eigenvalue weighted by Crippen LogP contribution is 2.13. The lowest BCUT2D eigenvalue weighted by atomic mass is 10.0. The molecule has 0 aliphatic carbocycles. The van der Waals surface area contributed by atoms with E-state index in [4.69, 9.17) is 16.6 Å². The Kier molecular flexibility index (Phi) is 7.86. The van der Waals surface area contributed by atoms with Gasteiger partial charge in [0.15, 0.2) is 5.96 Å². The number of nitrogens with zero attached hydrogens (tertiary/aromatic N) is 2. The van der Waals surface area contributed by atoms with Gasteiger partial charge in [-0.05, 0) is 57.7 Å². The smallest absolute Gasteiger partial charge is 0.191 e. The van der Waals surface area contributed by atoms with Crippen molar-refractivity contribution in [3.8, 4) is 0 Å². The summed E-state index contributed by atoms with van der Waals surface area (Å²) in [5.41, 5.74) is 1.27. The van der Waals surface area contributed by atoms with Crippen molar-refractivity contribution >= 4 is 17.6 Å². The number of nitrogens with one attached hydrogen (secondary N) is 2. The summed E-state index contributed by atoms with van der Waals surface area (Å²) in [6, 6.07) is 9.18. The molecule has 1 saturated heterocycles. The number of aliphatic imine (C=N–C) groups is 1. The van der Waals surface area contributed by atoms with Gasteiger partial charge < -0.3 is 15.5 Å². The van der Waals surface area contributed by atoms with E-state index in [-0.39, 0.29) is 0 Å². The Bertz CT molecular complexity index is 505. The van der Waals surface area contributed by atoms with Gasteiger partial charge in [-0.3, -0.25) is 4.99 Å². The highest BCUT2D eigenvalue weighted by atomic mass is 35.5. The summed E-state index contributed by atoms with van der Waals surface area (Å²) < 4.78 is 0. The number of guanidine groups is 1. The van der Waals surface area contributed by atoms with Gasteiger partial charge in [0.2, 0.25) is 0 Å². The van der Waals surface area contributed by atoms with Gasteiger partial charge in [0.25, 0.3) is 0 Å². The minimum atomic E-state index is 0.522. The fourth-order valence-electron chi connectivity index (χ4n) is 3.02. The minimum absolute atomic E-state index is 0.522. The van der Waals surface area contributed by atoms with E-state index in [1.165, 1.54) is 31.5 Å². The lowest BCUT2D eigenvalue weighted by Crippen LogP contribution is -2.49. The highest BCUT2D eigenvalue weighted by Gasteiger charge is 2.21. The summed E-state index contributed by atoms with van der Waals surface area (Å²) in [6.07, 6.45) is 3.29. The second kappa shape index (κ2) is 9.90. The molecule has 0 spiro atoms. The number of piperidine rings is 1. The minimum Gasteiger partial charge on any atom is -0.357 e. The maximum Gasteiger partial charge on any atom is 0.191 e. The average Bonchev–Trinajstić information content (AvgIpc) is 2.57. The molecule has 1 fully saturated rings. The van der Waals surface area contributed by atoms with Crippen molar-refractivity contribution in [2.24, 2.45) is 4.99 Å². The molecule has 0 atom stereocenters. The molecule has 2 N–H and O–H groups in total. The summed E-state index contributed by atoms with van der Waals surface area (Å²) >= 11 is 5.92. The van der Waals surface area contributed by atoms with Crippen LogP contribution in [-0.2, 0) is 6.42 Å². The van der Waals surface area contributed by atoms with Crippen molar-refractivity contribution in [1.82, 2.24) is 15.5 Å². The zero-order chi connectivity index (χ0) is 17.4. The normalized spacial score (nSPS) is 17.3. The topological polar surface area (TPSA) is 39.7 Å². The van der Waals surface area contributed by atoms with Gasteiger partial charge in [-0.1, -0.05) is 23.7 Å². The Morgan fingerprint density at radius 2 is 1.92 bits per heavy atom. The van der Waals surface area contributed by atoms with Crippen molar-refractivity contribution in [2.45, 2.75) is 52.1 Å². The van der Waals surface area contributed by atoms with E-state index >= 15 is 0 Å². The first kappa shape index (κ1) is 19.1. The lowest BCUT2D eigenvalue weighted by Gasteiger charge is -2.35. The zero-order valence-corrected chi connectivity index (χ0v) is 15.9. The number of benzene rings is 1. The number of hydrogen-bond donors (Lipinski definition) is 2. The van der Waals surface area contributed by atoms with Crippen LogP contribution in [0.25, 0.3) is 0 Å². The number of rotatable bonds is 6. The molecule has 4 nitrogen and oxygen atoms in total. The largest absolute Gasteiger partial charge is 0.357 e. The van der Waals surface area contributed by atoms with Crippen molar-refractivity contribution in [1.29, 1.82) is 0 Å². The van der Waals surface area contributed by atoms with Crippen LogP contribution in [0.1, 0.15) is 39.2 Å². The van der Waals surface area contributed by atoms with E-state index in [0.29, 0.717) is 12.1 Å². The van der Waals surface area contributed by atoms with E-state index in [1.54, 1.807) is 0 Å². The van der Waals surface area contributed by atoms with Crippen molar-refractivity contribution < 1.29 is 0 Å². The predicted octanol–water partition coefficient (Wildman–Crippen LogP) is 3.31. The van der Waals surface area contributed by atoms with Gasteiger partial charge in [0.1, 0.15) is 0 Å². The van der Waals surface area contributed by atoms with Gasteiger partial charge in [0.05, 0.1) is 0 Å². The van der Waals surface area contributed by atoms with Crippen LogP contribution in [-0.4, -0.2) is 49.1 Å². The number of hydrogen-bond acceptors (Lipinski definition) is 2. The van der Waals surface area contributed by atoms with E-state index in [9.17, 15) is 0 Å². The highest BCUT2D eigenvalue weighted by molar-refractivity contribution is 6.30. The standard InChI is InChI=1S/C19H31ClN4/c1-4-21-19(22-12-9-16-5-7-17(20)8-6-16)23-18-10-13-24(14-11-18)15(2)3/h5-8,15,18H,4,9-14H2,1-3H3,(H2,21,22,23). The molecule has 0 aromatic heterocycles. The summed E-state index contributed by atoms with van der Waals surface area (Å²) in [6.45, 7) is 10.7. The van der Waals surface area contributed by atoms with Gasteiger partial charge in [-0.15, -0.1) is 0 Å². The molecule has 0 bridgehead atoms. The molecule has 24 heavy (non-hydrogen) atoms. The Balaban J connectivity index is 1.81. The second-order valence-electron chi connectivity index (χ2n) is 6.69. The van der Waals surface area contributed by atoms with Crippen LogP contribution in [0.15, 0.2) is 29.3 Å². The molecule has 1 aromatic carbocycles.